The van der Waals surface area contributed by atoms with E-state index in [0.717, 1.165) is 23.9 Å². The summed E-state index contributed by atoms with van der Waals surface area (Å²) in [6.45, 7) is 1.01. The van der Waals surface area contributed by atoms with E-state index >= 15 is 0 Å². The van der Waals surface area contributed by atoms with Crippen LogP contribution < -0.4 is 11.1 Å². The largest absolute Gasteiger partial charge is 0.369 e. The molecule has 3 amide bonds. The van der Waals surface area contributed by atoms with Crippen molar-refractivity contribution in [3.05, 3.63) is 24.5 Å². The third-order valence-corrected chi connectivity index (χ3v) is 4.11. The molecule has 0 spiro atoms. The lowest BCUT2D eigenvalue weighted by molar-refractivity contribution is -0.123. The van der Waals surface area contributed by atoms with Crippen LogP contribution >= 0.6 is 0 Å². The highest BCUT2D eigenvalue weighted by Gasteiger charge is 2.27. The van der Waals surface area contributed by atoms with E-state index in [4.69, 9.17) is 5.73 Å². The average Bonchev–Trinajstić information content (AvgIpc) is 2.90. The first-order valence-corrected chi connectivity index (χ1v) is 7.31. The number of anilines is 1. The van der Waals surface area contributed by atoms with Crippen LogP contribution in [-0.4, -0.2) is 39.5 Å². The van der Waals surface area contributed by atoms with Crippen molar-refractivity contribution < 1.29 is 9.59 Å². The summed E-state index contributed by atoms with van der Waals surface area (Å²) in [5, 5.41) is 2.89. The number of carbonyl (C=O) groups excluding carboxylic acids is 2. The molecule has 3 rings (SSSR count). The Bertz CT molecular complexity index is 724. The van der Waals surface area contributed by atoms with Crippen molar-refractivity contribution in [2.45, 2.75) is 12.8 Å². The van der Waals surface area contributed by atoms with Crippen LogP contribution in [0.15, 0.2) is 24.5 Å². The molecule has 0 bridgehead atoms. The minimum atomic E-state index is -0.343. The molecule has 1 aromatic heterocycles. The molecule has 0 saturated carbocycles. The number of amides is 3. The molecule has 0 radical (unpaired) electrons. The van der Waals surface area contributed by atoms with Crippen molar-refractivity contribution in [1.29, 1.82) is 0 Å². The fourth-order valence-corrected chi connectivity index (χ4v) is 2.85. The monoisotopic (exact) mass is 301 g/mol. The second kappa shape index (κ2) is 5.67. The Balaban J connectivity index is 1.77. The fraction of sp³-hybridized carbons (Fsp3) is 0.400. The lowest BCUT2D eigenvalue weighted by atomic mass is 9.98. The Kier molecular flexibility index (Phi) is 3.70. The molecule has 1 saturated heterocycles. The van der Waals surface area contributed by atoms with Crippen LogP contribution in [0.3, 0.4) is 0 Å². The van der Waals surface area contributed by atoms with E-state index < -0.39 is 0 Å². The molecule has 116 valence electrons. The van der Waals surface area contributed by atoms with Gasteiger partial charge in [-0.25, -0.2) is 9.78 Å². The normalized spacial score (nSPS) is 18.4. The number of hydrogen-bond donors (Lipinski definition) is 2. The number of nitrogens with two attached hydrogens (primary N) is 1. The number of primary amides is 1. The molecule has 1 aliphatic heterocycles. The third kappa shape index (κ3) is 2.61. The van der Waals surface area contributed by atoms with Gasteiger partial charge in [-0.15, -0.1) is 0 Å². The summed E-state index contributed by atoms with van der Waals surface area (Å²) >= 11 is 0. The van der Waals surface area contributed by atoms with Crippen LogP contribution in [0.25, 0.3) is 11.0 Å². The van der Waals surface area contributed by atoms with Crippen LogP contribution in [0, 0.1) is 5.92 Å². The zero-order valence-corrected chi connectivity index (χ0v) is 12.5. The van der Waals surface area contributed by atoms with Crippen molar-refractivity contribution in [2.75, 3.05) is 18.4 Å². The van der Waals surface area contributed by atoms with E-state index in [0.29, 0.717) is 18.8 Å². The molecule has 0 unspecified atom stereocenters. The van der Waals surface area contributed by atoms with Crippen LogP contribution in [0.5, 0.6) is 0 Å². The van der Waals surface area contributed by atoms with Crippen LogP contribution in [-0.2, 0) is 11.8 Å². The van der Waals surface area contributed by atoms with Crippen molar-refractivity contribution in [3.63, 3.8) is 0 Å². The second-order valence-corrected chi connectivity index (χ2v) is 5.65. The van der Waals surface area contributed by atoms with Gasteiger partial charge in [-0.3, -0.25) is 4.79 Å². The molecular formula is C15H19N5O2. The Morgan fingerprint density at radius 3 is 3.00 bits per heavy atom. The molecule has 0 aliphatic carbocycles. The maximum absolute atomic E-state index is 12.4. The molecule has 7 nitrogen and oxygen atoms in total. The maximum atomic E-state index is 12.4. The van der Waals surface area contributed by atoms with E-state index in [1.165, 1.54) is 0 Å². The minimum absolute atomic E-state index is 0.218. The van der Waals surface area contributed by atoms with Gasteiger partial charge in [0.1, 0.15) is 5.52 Å². The Morgan fingerprint density at radius 1 is 1.41 bits per heavy atom. The predicted octanol–water partition coefficient (Wildman–Crippen LogP) is 1.30. The lowest BCUT2D eigenvalue weighted by Crippen LogP contribution is -2.45. The number of rotatable bonds is 2. The van der Waals surface area contributed by atoms with Crippen molar-refractivity contribution in [3.8, 4) is 0 Å². The number of para-hydroxylation sites is 1. The summed E-state index contributed by atoms with van der Waals surface area (Å²) in [5.74, 6) is -0.602. The van der Waals surface area contributed by atoms with Gasteiger partial charge in [-0.05, 0) is 25.0 Å². The first-order valence-electron chi connectivity index (χ1n) is 7.31. The molecule has 7 heteroatoms. The van der Waals surface area contributed by atoms with Gasteiger partial charge in [0.2, 0.25) is 5.91 Å². The van der Waals surface area contributed by atoms with Crippen LogP contribution in [0.1, 0.15) is 12.8 Å². The number of nitrogens with one attached hydrogen (secondary N) is 1. The predicted molar refractivity (Wildman–Crippen MR) is 83.2 cm³/mol. The number of hydrogen-bond acceptors (Lipinski definition) is 3. The molecule has 1 aromatic carbocycles. The summed E-state index contributed by atoms with van der Waals surface area (Å²) in [7, 11) is 1.91. The van der Waals surface area contributed by atoms with Crippen molar-refractivity contribution in [1.82, 2.24) is 14.5 Å². The van der Waals surface area contributed by atoms with E-state index in [2.05, 4.69) is 10.3 Å². The molecule has 2 aromatic rings. The van der Waals surface area contributed by atoms with Gasteiger partial charge in [0.05, 0.1) is 23.4 Å². The highest BCUT2D eigenvalue weighted by atomic mass is 16.2. The first kappa shape index (κ1) is 14.4. The van der Waals surface area contributed by atoms with Gasteiger partial charge in [-0.2, -0.15) is 0 Å². The zero-order chi connectivity index (χ0) is 15.7. The average molecular weight is 301 g/mol. The Morgan fingerprint density at radius 2 is 2.23 bits per heavy atom. The number of imidazole rings is 1. The third-order valence-electron chi connectivity index (χ3n) is 4.11. The van der Waals surface area contributed by atoms with Crippen molar-refractivity contribution >= 4 is 28.7 Å². The van der Waals surface area contributed by atoms with Crippen LogP contribution in [0.4, 0.5) is 10.5 Å². The summed E-state index contributed by atoms with van der Waals surface area (Å²) in [6, 6.07) is 5.43. The topological polar surface area (TPSA) is 93.2 Å². The Hall–Kier alpha value is -2.57. The van der Waals surface area contributed by atoms with Crippen LogP contribution in [0.2, 0.25) is 0 Å². The number of aryl methyl sites for hydroxylation is 1. The maximum Gasteiger partial charge on any atom is 0.321 e. The SMILES string of the molecule is Cn1cnc2c(NC(=O)N3CCC[C@H](C(N)=O)C3)cccc21. The smallest absolute Gasteiger partial charge is 0.321 e. The fourth-order valence-electron chi connectivity index (χ4n) is 2.85. The number of aromatic nitrogens is 2. The van der Waals surface area contributed by atoms with Gasteiger partial charge >= 0.3 is 6.03 Å². The van der Waals surface area contributed by atoms with Gasteiger partial charge in [0.25, 0.3) is 0 Å². The van der Waals surface area contributed by atoms with E-state index in [1.807, 2.05) is 29.8 Å². The highest BCUT2D eigenvalue weighted by molar-refractivity contribution is 5.99. The van der Waals surface area contributed by atoms with Gasteiger partial charge in [0.15, 0.2) is 0 Å². The number of carbonyl (C=O) groups is 2. The zero-order valence-electron chi connectivity index (χ0n) is 12.5. The van der Waals surface area contributed by atoms with Gasteiger partial charge < -0.3 is 20.5 Å². The quantitative estimate of drug-likeness (QED) is 0.875. The van der Waals surface area contributed by atoms with Gasteiger partial charge in [-0.1, -0.05) is 6.07 Å². The molecular weight excluding hydrogens is 282 g/mol. The second-order valence-electron chi connectivity index (χ2n) is 5.65. The standard InChI is InChI=1S/C15H19N5O2/c1-19-9-17-13-11(5-2-6-12(13)19)18-15(22)20-7-3-4-10(8-20)14(16)21/h2,5-6,9-10H,3-4,7-8H2,1H3,(H2,16,21)(H,18,22)/t10-/m0/s1. The number of nitrogens with zero attached hydrogens (tertiary/aromatic N) is 3. The van der Waals surface area contributed by atoms with Crippen molar-refractivity contribution in [2.24, 2.45) is 18.7 Å². The first-order chi connectivity index (χ1) is 10.6. The number of benzene rings is 1. The summed E-state index contributed by atoms with van der Waals surface area (Å²) in [4.78, 5) is 29.7. The lowest BCUT2D eigenvalue weighted by Gasteiger charge is -2.31. The molecule has 1 fully saturated rings. The number of fused-ring (bicyclic) bond motifs is 1. The van der Waals surface area contributed by atoms with Gasteiger partial charge in [0, 0.05) is 20.1 Å². The molecule has 2 heterocycles. The minimum Gasteiger partial charge on any atom is -0.369 e. The van der Waals surface area contributed by atoms with E-state index in [9.17, 15) is 9.59 Å². The van der Waals surface area contributed by atoms with E-state index in [-0.39, 0.29) is 17.9 Å². The summed E-state index contributed by atoms with van der Waals surface area (Å²) in [5.41, 5.74) is 7.72. The molecule has 22 heavy (non-hydrogen) atoms. The Labute approximate surface area is 128 Å². The number of urea groups is 1. The van der Waals surface area contributed by atoms with E-state index in [1.54, 1.807) is 11.2 Å². The molecule has 1 aliphatic rings. The summed E-state index contributed by atoms with van der Waals surface area (Å²) in [6.07, 6.45) is 3.24. The number of piperidine rings is 1. The molecule has 3 N–H and O–H groups in total. The highest BCUT2D eigenvalue weighted by Crippen LogP contribution is 2.23. The molecule has 1 atom stereocenters. The number of likely N-dealkylation sites (tertiary alicyclic amines) is 1. The summed E-state index contributed by atoms with van der Waals surface area (Å²) < 4.78 is 1.90.